The van der Waals surface area contributed by atoms with E-state index >= 15 is 0 Å². The summed E-state index contributed by atoms with van der Waals surface area (Å²) < 4.78 is 7.04. The van der Waals surface area contributed by atoms with Crippen LogP contribution in [-0.4, -0.2) is 51.8 Å². The summed E-state index contributed by atoms with van der Waals surface area (Å²) in [6.45, 7) is 9.01. The van der Waals surface area contributed by atoms with Crippen molar-refractivity contribution in [2.45, 2.75) is 58.5 Å². The third-order valence-corrected chi connectivity index (χ3v) is 6.34. The number of carbonyl (C=O) groups is 4. The van der Waals surface area contributed by atoms with Gasteiger partial charge in [-0.2, -0.15) is 0 Å². The summed E-state index contributed by atoms with van der Waals surface area (Å²) in [5.74, 6) is -1.49. The van der Waals surface area contributed by atoms with Gasteiger partial charge in [-0.1, -0.05) is 25.8 Å². The Labute approximate surface area is 176 Å². The first-order valence-electron chi connectivity index (χ1n) is 10.3. The minimum atomic E-state index is -0.922. The normalized spacial score (nSPS) is 23.6. The standard InChI is InChI=1S/C22H29N3O5/c1-5-10-24-15(3)11-17(16(24)4)18(26)13-30-19(27)12-25-20(28)22(23-21(25)29)9-7-6-8-14(22)2/h5,11,14H,1,6-10,12-13H2,2-4H3,(H,23,29). The molecule has 1 N–H and O–H groups in total. The first-order valence-corrected chi connectivity index (χ1v) is 10.3. The Bertz CT molecular complexity index is 903. The lowest BCUT2D eigenvalue weighted by Crippen LogP contribution is -2.54. The smallest absolute Gasteiger partial charge is 0.326 e. The number of esters is 1. The third kappa shape index (κ3) is 3.78. The van der Waals surface area contributed by atoms with E-state index in [1.165, 1.54) is 0 Å². The zero-order valence-electron chi connectivity index (χ0n) is 17.8. The molecule has 2 aliphatic rings. The number of nitrogens with one attached hydrogen (secondary N) is 1. The molecule has 2 unspecified atom stereocenters. The Hall–Kier alpha value is -2.90. The highest BCUT2D eigenvalue weighted by Gasteiger charge is 2.55. The van der Waals surface area contributed by atoms with Crippen molar-refractivity contribution < 1.29 is 23.9 Å². The van der Waals surface area contributed by atoms with Gasteiger partial charge in [0.25, 0.3) is 5.91 Å². The van der Waals surface area contributed by atoms with Crippen molar-refractivity contribution in [3.63, 3.8) is 0 Å². The number of rotatable bonds is 7. The number of hydrogen-bond donors (Lipinski definition) is 1. The Kier molecular flexibility index (Phi) is 6.14. The number of carbonyl (C=O) groups excluding carboxylic acids is 4. The minimum absolute atomic E-state index is 0.0103. The molecule has 1 saturated heterocycles. The highest BCUT2D eigenvalue weighted by molar-refractivity contribution is 6.09. The Balaban J connectivity index is 1.60. The van der Waals surface area contributed by atoms with Crippen LogP contribution in [0.3, 0.4) is 0 Å². The van der Waals surface area contributed by atoms with E-state index in [0.717, 1.165) is 35.6 Å². The van der Waals surface area contributed by atoms with Gasteiger partial charge in [0.15, 0.2) is 6.61 Å². The maximum Gasteiger partial charge on any atom is 0.326 e. The van der Waals surface area contributed by atoms with Crippen LogP contribution in [0.5, 0.6) is 0 Å². The molecule has 0 radical (unpaired) electrons. The van der Waals surface area contributed by atoms with E-state index in [4.69, 9.17) is 4.74 Å². The number of Topliss-reactive ketones (excluding diaryl/α,β-unsaturated/α-hetero) is 1. The van der Waals surface area contributed by atoms with Gasteiger partial charge in [0.05, 0.1) is 0 Å². The molecule has 162 valence electrons. The molecule has 30 heavy (non-hydrogen) atoms. The van der Waals surface area contributed by atoms with Crippen LogP contribution in [-0.2, 0) is 20.9 Å². The SMILES string of the molecule is C=CCn1c(C)cc(C(=O)COC(=O)CN2C(=O)NC3(CCCCC3C)C2=O)c1C. The highest BCUT2D eigenvalue weighted by Crippen LogP contribution is 2.38. The molecule has 1 aliphatic heterocycles. The average molecular weight is 415 g/mol. The van der Waals surface area contributed by atoms with Crippen LogP contribution in [0.2, 0.25) is 0 Å². The molecule has 1 aromatic rings. The molecule has 3 rings (SSSR count). The largest absolute Gasteiger partial charge is 0.456 e. The van der Waals surface area contributed by atoms with E-state index in [9.17, 15) is 19.2 Å². The summed E-state index contributed by atoms with van der Waals surface area (Å²) >= 11 is 0. The summed E-state index contributed by atoms with van der Waals surface area (Å²) in [7, 11) is 0. The van der Waals surface area contributed by atoms with Crippen molar-refractivity contribution in [1.82, 2.24) is 14.8 Å². The number of amides is 3. The average Bonchev–Trinajstić information content (AvgIpc) is 3.12. The van der Waals surface area contributed by atoms with E-state index < -0.39 is 30.7 Å². The summed E-state index contributed by atoms with van der Waals surface area (Å²) in [6, 6.07) is 1.17. The van der Waals surface area contributed by atoms with Gasteiger partial charge in [0, 0.05) is 23.5 Å². The lowest BCUT2D eigenvalue weighted by molar-refractivity contribution is -0.147. The molecular weight excluding hydrogens is 386 g/mol. The van der Waals surface area contributed by atoms with Crippen molar-refractivity contribution in [2.75, 3.05) is 13.2 Å². The Morgan fingerprint density at radius 3 is 2.73 bits per heavy atom. The van der Waals surface area contributed by atoms with Gasteiger partial charge in [-0.15, -0.1) is 6.58 Å². The molecular formula is C22H29N3O5. The number of aryl methyl sites for hydroxylation is 1. The van der Waals surface area contributed by atoms with Crippen LogP contribution in [0.15, 0.2) is 18.7 Å². The molecule has 2 atom stereocenters. The first-order chi connectivity index (χ1) is 14.2. The number of aromatic nitrogens is 1. The van der Waals surface area contributed by atoms with E-state index in [1.807, 2.05) is 25.3 Å². The van der Waals surface area contributed by atoms with Gasteiger partial charge in [-0.3, -0.25) is 19.3 Å². The lowest BCUT2D eigenvalue weighted by Gasteiger charge is -2.36. The molecule has 0 bridgehead atoms. The molecule has 8 nitrogen and oxygen atoms in total. The minimum Gasteiger partial charge on any atom is -0.456 e. The third-order valence-electron chi connectivity index (χ3n) is 6.34. The monoisotopic (exact) mass is 415 g/mol. The molecule has 1 aromatic heterocycles. The van der Waals surface area contributed by atoms with E-state index in [-0.39, 0.29) is 17.6 Å². The molecule has 2 heterocycles. The molecule has 3 amide bonds. The number of allylic oxidation sites excluding steroid dienone is 1. The van der Waals surface area contributed by atoms with Crippen molar-refractivity contribution in [1.29, 1.82) is 0 Å². The van der Waals surface area contributed by atoms with Crippen LogP contribution >= 0.6 is 0 Å². The van der Waals surface area contributed by atoms with Crippen LogP contribution in [0.25, 0.3) is 0 Å². The van der Waals surface area contributed by atoms with Crippen LogP contribution in [0.4, 0.5) is 4.79 Å². The van der Waals surface area contributed by atoms with Crippen LogP contribution in [0.1, 0.15) is 54.4 Å². The molecule has 1 aliphatic carbocycles. The van der Waals surface area contributed by atoms with Crippen molar-refractivity contribution in [3.05, 3.63) is 35.7 Å². The topological polar surface area (TPSA) is 97.7 Å². The van der Waals surface area contributed by atoms with Gasteiger partial charge >= 0.3 is 12.0 Å². The highest BCUT2D eigenvalue weighted by atomic mass is 16.5. The number of nitrogens with zero attached hydrogens (tertiary/aromatic N) is 2. The molecule has 0 aromatic carbocycles. The van der Waals surface area contributed by atoms with E-state index in [0.29, 0.717) is 18.5 Å². The summed E-state index contributed by atoms with van der Waals surface area (Å²) in [6.07, 6.45) is 5.04. The number of ketones is 1. The fourth-order valence-electron chi connectivity index (χ4n) is 4.53. The quantitative estimate of drug-likeness (QED) is 0.319. The maximum absolute atomic E-state index is 12.9. The van der Waals surface area contributed by atoms with Crippen molar-refractivity contribution in [2.24, 2.45) is 5.92 Å². The summed E-state index contributed by atoms with van der Waals surface area (Å²) in [4.78, 5) is 50.9. The van der Waals surface area contributed by atoms with Gasteiger partial charge in [-0.05, 0) is 38.7 Å². The lowest BCUT2D eigenvalue weighted by atomic mass is 9.73. The predicted molar refractivity (Wildman–Crippen MR) is 110 cm³/mol. The number of ether oxygens (including phenoxy) is 1. The fraction of sp³-hybridized carbons (Fsp3) is 0.545. The molecule has 8 heteroatoms. The van der Waals surface area contributed by atoms with E-state index in [1.54, 1.807) is 12.1 Å². The van der Waals surface area contributed by atoms with Crippen LogP contribution < -0.4 is 5.32 Å². The Morgan fingerprint density at radius 2 is 2.07 bits per heavy atom. The van der Waals surface area contributed by atoms with Crippen molar-refractivity contribution >= 4 is 23.7 Å². The van der Waals surface area contributed by atoms with Gasteiger partial charge in [-0.25, -0.2) is 4.79 Å². The summed E-state index contributed by atoms with van der Waals surface area (Å²) in [5, 5.41) is 2.80. The molecule has 2 fully saturated rings. The molecule has 1 spiro atoms. The molecule has 1 saturated carbocycles. The van der Waals surface area contributed by atoms with Crippen molar-refractivity contribution in [3.8, 4) is 0 Å². The van der Waals surface area contributed by atoms with Gasteiger partial charge in [0.1, 0.15) is 12.1 Å². The maximum atomic E-state index is 12.9. The second-order valence-electron chi connectivity index (χ2n) is 8.21. The summed E-state index contributed by atoms with van der Waals surface area (Å²) in [5.41, 5.74) is 1.24. The second kappa shape index (κ2) is 8.45. The van der Waals surface area contributed by atoms with Gasteiger partial charge < -0.3 is 14.6 Å². The number of imide groups is 1. The number of urea groups is 1. The zero-order valence-corrected chi connectivity index (χ0v) is 17.8. The number of hydrogen-bond acceptors (Lipinski definition) is 5. The van der Waals surface area contributed by atoms with E-state index in [2.05, 4.69) is 11.9 Å². The second-order valence-corrected chi connectivity index (χ2v) is 8.21. The van der Waals surface area contributed by atoms with Crippen LogP contribution in [0, 0.1) is 19.8 Å². The van der Waals surface area contributed by atoms with Gasteiger partial charge in [0.2, 0.25) is 5.78 Å². The predicted octanol–water partition coefficient (Wildman–Crippen LogP) is 2.52. The zero-order chi connectivity index (χ0) is 22.1. The Morgan fingerprint density at radius 1 is 1.33 bits per heavy atom. The first kappa shape index (κ1) is 21.8. The fourth-order valence-corrected chi connectivity index (χ4v) is 4.53.